The fourth-order valence-electron chi connectivity index (χ4n) is 3.11. The quantitative estimate of drug-likeness (QED) is 0.476. The van der Waals surface area contributed by atoms with Gasteiger partial charge in [-0.1, -0.05) is 26.0 Å². The van der Waals surface area contributed by atoms with Gasteiger partial charge < -0.3 is 0 Å². The van der Waals surface area contributed by atoms with Crippen LogP contribution >= 0.6 is 0 Å². The van der Waals surface area contributed by atoms with Crippen LogP contribution in [0.5, 0.6) is 0 Å². The maximum Gasteiger partial charge on any atom is 0.435 e. The molecule has 0 nitrogen and oxygen atoms in total. The smallest absolute Gasteiger partial charge is 0.218 e. The molecule has 0 aliphatic heterocycles. The van der Waals surface area contributed by atoms with Crippen LogP contribution in [0.25, 0.3) is 11.1 Å². The lowest BCUT2D eigenvalue weighted by atomic mass is 9.81. The van der Waals surface area contributed by atoms with Crippen molar-refractivity contribution < 1.29 is 35.1 Å². The predicted molar refractivity (Wildman–Crippen MR) is 89.1 cm³/mol. The summed E-state index contributed by atoms with van der Waals surface area (Å²) >= 11 is 0. The average molecular weight is 409 g/mol. The van der Waals surface area contributed by atoms with E-state index in [1.807, 2.05) is 0 Å². The van der Waals surface area contributed by atoms with E-state index >= 15 is 0 Å². The Kier molecular flexibility index (Phi) is 5.83. The second-order valence-corrected chi connectivity index (χ2v) is 6.38. The van der Waals surface area contributed by atoms with Crippen LogP contribution in [-0.2, 0) is 18.5 Å². The third-order valence-electron chi connectivity index (χ3n) is 4.55. The van der Waals surface area contributed by atoms with Crippen molar-refractivity contribution in [3.05, 3.63) is 58.4 Å². The predicted octanol–water partition coefficient (Wildman–Crippen LogP) is 7.02. The normalized spacial score (nSPS) is 13.1. The number of halogens is 8. The molecule has 0 aliphatic rings. The maximum absolute atomic E-state index is 15.0. The van der Waals surface area contributed by atoms with E-state index in [0.717, 1.165) is 18.2 Å². The zero-order valence-corrected chi connectivity index (χ0v) is 15.2. The lowest BCUT2D eigenvalue weighted by Crippen LogP contribution is -2.50. The highest BCUT2D eigenvalue weighted by molar-refractivity contribution is 5.76. The first-order valence-corrected chi connectivity index (χ1v) is 8.45. The van der Waals surface area contributed by atoms with E-state index in [9.17, 15) is 35.1 Å². The van der Waals surface area contributed by atoms with Crippen LogP contribution in [0.1, 0.15) is 36.1 Å². The van der Waals surface area contributed by atoms with Crippen molar-refractivity contribution in [2.24, 2.45) is 0 Å². The van der Waals surface area contributed by atoms with Gasteiger partial charge in [-0.05, 0) is 65.8 Å². The Hall–Kier alpha value is -2.12. The van der Waals surface area contributed by atoms with Gasteiger partial charge in [0.05, 0.1) is 0 Å². The molecular formula is C20H17F8. The summed E-state index contributed by atoms with van der Waals surface area (Å²) in [6.45, 7) is 4.36. The van der Waals surface area contributed by atoms with Crippen LogP contribution in [0.15, 0.2) is 24.3 Å². The average Bonchev–Trinajstić information content (AvgIpc) is 2.58. The number of hydrogen-bond acceptors (Lipinski definition) is 0. The largest absolute Gasteiger partial charge is 0.435 e. The molecule has 0 atom stereocenters. The van der Waals surface area contributed by atoms with Gasteiger partial charge in [0, 0.05) is 5.56 Å². The zero-order chi connectivity index (χ0) is 21.5. The molecule has 0 saturated heterocycles. The highest BCUT2D eigenvalue weighted by Gasteiger charge is 2.74. The summed E-state index contributed by atoms with van der Waals surface area (Å²) in [7, 11) is 0. The maximum atomic E-state index is 15.0. The Labute approximate surface area is 157 Å². The third-order valence-corrected chi connectivity index (χ3v) is 4.55. The van der Waals surface area contributed by atoms with E-state index in [-0.39, 0.29) is 35.1 Å². The molecule has 0 fully saturated rings. The fraction of sp³-hybridized carbons (Fsp3) is 0.400. The van der Waals surface area contributed by atoms with Gasteiger partial charge in [-0.2, -0.15) is 26.3 Å². The van der Waals surface area contributed by atoms with Crippen LogP contribution < -0.4 is 0 Å². The van der Waals surface area contributed by atoms with Gasteiger partial charge >= 0.3 is 18.0 Å². The van der Waals surface area contributed by atoms with Gasteiger partial charge in [-0.25, -0.2) is 8.78 Å². The third kappa shape index (κ3) is 3.61. The number of alkyl halides is 7. The first-order chi connectivity index (χ1) is 12.8. The molecule has 0 N–H and O–H groups in total. The Balaban J connectivity index is 3.04. The molecule has 8 heteroatoms. The first kappa shape index (κ1) is 22.2. The Bertz CT molecular complexity index is 848. The summed E-state index contributed by atoms with van der Waals surface area (Å²) in [5.74, 6) is -0.715. The highest BCUT2D eigenvalue weighted by Crippen LogP contribution is 2.56. The molecule has 0 amide bonds. The summed E-state index contributed by atoms with van der Waals surface area (Å²) < 4.78 is 109. The molecule has 0 unspecified atom stereocenters. The number of benzene rings is 2. The standard InChI is InChI=1S/C20H17F8/c1-4-12-9-13(5-2)17(15-7-6-14(21)8-11(15)3)16(10-12)18(22,19(23,24)25)20(26,27)28/h6-8,10H,4-5H2,1-3H3. The van der Waals surface area contributed by atoms with Crippen molar-refractivity contribution >= 4 is 0 Å². The van der Waals surface area contributed by atoms with Gasteiger partial charge in [-0.15, -0.1) is 0 Å². The van der Waals surface area contributed by atoms with Crippen LogP contribution in [0, 0.1) is 18.8 Å². The van der Waals surface area contributed by atoms with Gasteiger partial charge in [0.2, 0.25) is 0 Å². The molecule has 1 radical (unpaired) electrons. The van der Waals surface area contributed by atoms with E-state index in [0.29, 0.717) is 6.07 Å². The molecule has 0 heterocycles. The summed E-state index contributed by atoms with van der Waals surface area (Å²) in [6.07, 6.45) is -12.4. The molecule has 2 rings (SSSR count). The van der Waals surface area contributed by atoms with Gasteiger partial charge in [0.25, 0.3) is 0 Å². The minimum atomic E-state index is -6.24. The molecule has 0 aliphatic carbocycles. The van der Waals surface area contributed by atoms with E-state index in [4.69, 9.17) is 0 Å². The van der Waals surface area contributed by atoms with Crippen molar-refractivity contribution in [2.75, 3.05) is 0 Å². The lowest BCUT2D eigenvalue weighted by Gasteiger charge is -2.33. The Morgan fingerprint density at radius 1 is 0.857 bits per heavy atom. The van der Waals surface area contributed by atoms with E-state index in [1.165, 1.54) is 20.8 Å². The highest BCUT2D eigenvalue weighted by atomic mass is 19.4. The van der Waals surface area contributed by atoms with Crippen molar-refractivity contribution in [3.63, 3.8) is 0 Å². The van der Waals surface area contributed by atoms with E-state index < -0.39 is 35.0 Å². The molecule has 0 bridgehead atoms. The summed E-state index contributed by atoms with van der Waals surface area (Å²) in [6, 6.07) is 6.25. The number of hydrogen-bond donors (Lipinski definition) is 0. The second kappa shape index (κ2) is 7.37. The minimum absolute atomic E-state index is 0.000386. The SMILES string of the molecule is CCc1[c]c(CC)c(-c2ccc(F)cc2C)c(C(F)(C(F)(F)F)C(F)(F)F)c1. The minimum Gasteiger partial charge on any atom is -0.218 e. The van der Waals surface area contributed by atoms with Crippen molar-refractivity contribution in [1.29, 1.82) is 0 Å². The van der Waals surface area contributed by atoms with E-state index in [2.05, 4.69) is 6.07 Å². The number of aryl methyl sites for hydroxylation is 3. The van der Waals surface area contributed by atoms with Gasteiger partial charge in [-0.3, -0.25) is 0 Å². The lowest BCUT2D eigenvalue weighted by molar-refractivity contribution is -0.348. The Morgan fingerprint density at radius 2 is 1.43 bits per heavy atom. The van der Waals surface area contributed by atoms with E-state index in [1.54, 1.807) is 0 Å². The molecule has 2 aromatic rings. The second-order valence-electron chi connectivity index (χ2n) is 6.38. The monoisotopic (exact) mass is 409 g/mol. The van der Waals surface area contributed by atoms with Gasteiger partial charge in [0.15, 0.2) is 0 Å². The summed E-state index contributed by atoms with van der Waals surface area (Å²) in [4.78, 5) is 0. The topological polar surface area (TPSA) is 0 Å². The molecule has 2 aromatic carbocycles. The summed E-state index contributed by atoms with van der Waals surface area (Å²) in [5.41, 5.74) is -7.70. The Morgan fingerprint density at radius 3 is 1.86 bits per heavy atom. The van der Waals surface area contributed by atoms with Crippen LogP contribution in [-0.4, -0.2) is 12.4 Å². The fourth-order valence-corrected chi connectivity index (χ4v) is 3.11. The van der Waals surface area contributed by atoms with Crippen LogP contribution in [0.4, 0.5) is 35.1 Å². The van der Waals surface area contributed by atoms with Crippen molar-refractivity contribution in [3.8, 4) is 11.1 Å². The molecular weight excluding hydrogens is 392 g/mol. The zero-order valence-electron chi connectivity index (χ0n) is 15.2. The van der Waals surface area contributed by atoms with Crippen LogP contribution in [0.3, 0.4) is 0 Å². The molecule has 0 aromatic heterocycles. The number of rotatable bonds is 4. The molecule has 0 spiro atoms. The first-order valence-electron chi connectivity index (χ1n) is 8.45. The van der Waals surface area contributed by atoms with Crippen LogP contribution in [0.2, 0.25) is 0 Å². The van der Waals surface area contributed by atoms with Crippen molar-refractivity contribution in [1.82, 2.24) is 0 Å². The molecule has 0 saturated carbocycles. The molecule has 28 heavy (non-hydrogen) atoms. The van der Waals surface area contributed by atoms with Crippen molar-refractivity contribution in [2.45, 2.75) is 51.6 Å². The van der Waals surface area contributed by atoms with Gasteiger partial charge in [0.1, 0.15) is 5.82 Å². The molecule has 153 valence electrons. The summed E-state index contributed by atoms with van der Waals surface area (Å²) in [5, 5.41) is 0.